The monoisotopic (exact) mass is 442 g/mol. The molecule has 8 heteroatoms. The van der Waals surface area contributed by atoms with Crippen molar-refractivity contribution < 1.29 is 4.52 Å². The molecule has 2 heterocycles. The Morgan fingerprint density at radius 1 is 1.21 bits per heavy atom. The van der Waals surface area contributed by atoms with Gasteiger partial charge in [0.25, 0.3) is 5.89 Å². The lowest BCUT2D eigenvalue weighted by molar-refractivity contribution is 0.421. The van der Waals surface area contributed by atoms with Crippen LogP contribution in [0.3, 0.4) is 0 Å². The van der Waals surface area contributed by atoms with Crippen molar-refractivity contribution in [2.45, 2.75) is 26.3 Å². The van der Waals surface area contributed by atoms with Gasteiger partial charge in [0.2, 0.25) is 0 Å². The largest absolute Gasteiger partial charge is 0.357 e. The molecule has 1 aromatic carbocycles. The molecule has 28 heavy (non-hydrogen) atoms. The third-order valence-corrected chi connectivity index (χ3v) is 4.75. The second-order valence-corrected chi connectivity index (χ2v) is 6.98. The van der Waals surface area contributed by atoms with Crippen LogP contribution in [0.2, 0.25) is 0 Å². The van der Waals surface area contributed by atoms with E-state index in [0.29, 0.717) is 30.4 Å². The third kappa shape index (κ3) is 5.39. The second kappa shape index (κ2) is 9.98. The Labute approximate surface area is 172 Å². The Morgan fingerprint density at radius 3 is 2.79 bits per heavy atom. The number of nitrogens with zero attached hydrogens (tertiary/aromatic N) is 4. The van der Waals surface area contributed by atoms with Crippen molar-refractivity contribution >= 4 is 21.9 Å². The summed E-state index contributed by atoms with van der Waals surface area (Å²) >= 11 is 3.60. The number of aromatic nitrogens is 3. The van der Waals surface area contributed by atoms with Crippen LogP contribution >= 0.6 is 15.9 Å². The number of hydrogen-bond donors (Lipinski definition) is 2. The Balaban J connectivity index is 1.60. The standard InChI is InChI=1S/C20H23BrN6O/c1-3-22-20(25-14(2)15-8-4-5-9-16(15)21)24-13-11-18-26-19(28-27-18)17-10-6-7-12-23-17/h4-10,12,14H,3,11,13H2,1-2H3,(H2,22,24,25). The first-order valence-corrected chi connectivity index (χ1v) is 10.00. The molecule has 0 aliphatic rings. The van der Waals surface area contributed by atoms with Crippen molar-refractivity contribution in [3.05, 3.63) is 64.5 Å². The Morgan fingerprint density at radius 2 is 2.04 bits per heavy atom. The molecule has 0 aliphatic carbocycles. The van der Waals surface area contributed by atoms with E-state index in [1.807, 2.05) is 43.3 Å². The number of halogens is 1. The molecular weight excluding hydrogens is 420 g/mol. The molecule has 146 valence electrons. The maximum atomic E-state index is 5.28. The van der Waals surface area contributed by atoms with Gasteiger partial charge in [0.05, 0.1) is 6.04 Å². The van der Waals surface area contributed by atoms with Gasteiger partial charge in [-0.05, 0) is 37.6 Å². The van der Waals surface area contributed by atoms with Crippen LogP contribution in [0.1, 0.15) is 31.3 Å². The van der Waals surface area contributed by atoms with Crippen molar-refractivity contribution in [2.75, 3.05) is 13.1 Å². The van der Waals surface area contributed by atoms with E-state index in [1.54, 1.807) is 6.20 Å². The minimum Gasteiger partial charge on any atom is -0.357 e. The van der Waals surface area contributed by atoms with Crippen LogP contribution in [-0.2, 0) is 6.42 Å². The molecule has 0 spiro atoms. The lowest BCUT2D eigenvalue weighted by Gasteiger charge is -2.19. The van der Waals surface area contributed by atoms with E-state index in [0.717, 1.165) is 17.0 Å². The topological polar surface area (TPSA) is 88.2 Å². The first-order valence-electron chi connectivity index (χ1n) is 9.20. The van der Waals surface area contributed by atoms with Gasteiger partial charge in [-0.3, -0.25) is 9.98 Å². The van der Waals surface area contributed by atoms with Gasteiger partial charge in [0.15, 0.2) is 11.8 Å². The van der Waals surface area contributed by atoms with E-state index in [1.165, 1.54) is 5.56 Å². The molecule has 0 saturated carbocycles. The predicted molar refractivity (Wildman–Crippen MR) is 113 cm³/mol. The second-order valence-electron chi connectivity index (χ2n) is 6.13. The van der Waals surface area contributed by atoms with E-state index in [2.05, 4.69) is 59.7 Å². The molecule has 0 fully saturated rings. The zero-order valence-electron chi connectivity index (χ0n) is 15.9. The Bertz CT molecular complexity index is 912. The molecule has 3 rings (SSSR count). The van der Waals surface area contributed by atoms with Gasteiger partial charge in [-0.1, -0.05) is 45.4 Å². The fourth-order valence-electron chi connectivity index (χ4n) is 2.65. The third-order valence-electron chi connectivity index (χ3n) is 4.03. The minimum atomic E-state index is 0.106. The summed E-state index contributed by atoms with van der Waals surface area (Å²) < 4.78 is 6.35. The van der Waals surface area contributed by atoms with Gasteiger partial charge in [-0.25, -0.2) is 0 Å². The summed E-state index contributed by atoms with van der Waals surface area (Å²) in [6, 6.07) is 13.8. The Kier molecular flexibility index (Phi) is 7.13. The maximum absolute atomic E-state index is 5.28. The molecule has 1 unspecified atom stereocenters. The zero-order valence-corrected chi connectivity index (χ0v) is 17.5. The molecule has 0 bridgehead atoms. The van der Waals surface area contributed by atoms with Crippen LogP contribution in [0.15, 0.2) is 62.6 Å². The van der Waals surface area contributed by atoms with Gasteiger partial charge < -0.3 is 15.2 Å². The van der Waals surface area contributed by atoms with Gasteiger partial charge in [-0.2, -0.15) is 4.98 Å². The van der Waals surface area contributed by atoms with Crippen molar-refractivity contribution in [3.63, 3.8) is 0 Å². The lowest BCUT2D eigenvalue weighted by Crippen LogP contribution is -2.39. The molecule has 7 nitrogen and oxygen atoms in total. The predicted octanol–water partition coefficient (Wildman–Crippen LogP) is 3.75. The number of guanidine groups is 1. The lowest BCUT2D eigenvalue weighted by atomic mass is 10.1. The number of nitrogens with one attached hydrogen (secondary N) is 2. The van der Waals surface area contributed by atoms with Crippen LogP contribution in [0.5, 0.6) is 0 Å². The molecule has 0 radical (unpaired) electrons. The summed E-state index contributed by atoms with van der Waals surface area (Å²) in [5, 5.41) is 10.7. The fraction of sp³-hybridized carbons (Fsp3) is 0.300. The maximum Gasteiger partial charge on any atom is 0.276 e. The highest BCUT2D eigenvalue weighted by atomic mass is 79.9. The quantitative estimate of drug-likeness (QED) is 0.427. The zero-order chi connectivity index (χ0) is 19.8. The van der Waals surface area contributed by atoms with E-state index < -0.39 is 0 Å². The van der Waals surface area contributed by atoms with Crippen molar-refractivity contribution in [2.24, 2.45) is 4.99 Å². The summed E-state index contributed by atoms with van der Waals surface area (Å²) in [7, 11) is 0. The van der Waals surface area contributed by atoms with Crippen LogP contribution in [0, 0.1) is 0 Å². The van der Waals surface area contributed by atoms with Gasteiger partial charge in [0.1, 0.15) is 5.69 Å². The molecule has 0 amide bonds. The first-order chi connectivity index (χ1) is 13.7. The van der Waals surface area contributed by atoms with E-state index in [9.17, 15) is 0 Å². The Hall–Kier alpha value is -2.74. The normalized spacial score (nSPS) is 12.6. The van der Waals surface area contributed by atoms with Crippen LogP contribution in [0.4, 0.5) is 0 Å². The highest BCUT2D eigenvalue weighted by Gasteiger charge is 2.11. The highest BCUT2D eigenvalue weighted by molar-refractivity contribution is 9.10. The van der Waals surface area contributed by atoms with E-state index in [-0.39, 0.29) is 6.04 Å². The summed E-state index contributed by atoms with van der Waals surface area (Å²) in [5.41, 5.74) is 1.84. The van der Waals surface area contributed by atoms with E-state index in [4.69, 9.17) is 4.52 Å². The number of rotatable bonds is 7. The van der Waals surface area contributed by atoms with Crippen molar-refractivity contribution in [3.8, 4) is 11.6 Å². The van der Waals surface area contributed by atoms with Crippen molar-refractivity contribution in [1.29, 1.82) is 0 Å². The SMILES string of the molecule is CCNC(=NCCc1noc(-c2ccccn2)n1)NC(C)c1ccccc1Br. The molecular formula is C20H23BrN6O. The number of aliphatic imine (C=N–C) groups is 1. The van der Waals surface area contributed by atoms with Crippen LogP contribution in [0.25, 0.3) is 11.6 Å². The average Bonchev–Trinajstić information content (AvgIpc) is 3.18. The van der Waals surface area contributed by atoms with Crippen LogP contribution in [-0.4, -0.2) is 34.2 Å². The minimum absolute atomic E-state index is 0.106. The van der Waals surface area contributed by atoms with Crippen LogP contribution < -0.4 is 10.6 Å². The highest BCUT2D eigenvalue weighted by Crippen LogP contribution is 2.22. The molecule has 3 aromatic rings. The summed E-state index contributed by atoms with van der Waals surface area (Å²) in [6.45, 7) is 5.46. The number of pyridine rings is 1. The molecule has 0 saturated heterocycles. The number of benzene rings is 1. The summed E-state index contributed by atoms with van der Waals surface area (Å²) in [5.74, 6) is 1.78. The average molecular weight is 443 g/mol. The van der Waals surface area contributed by atoms with Gasteiger partial charge >= 0.3 is 0 Å². The molecule has 2 N–H and O–H groups in total. The van der Waals surface area contributed by atoms with Crippen molar-refractivity contribution in [1.82, 2.24) is 25.8 Å². The summed E-state index contributed by atoms with van der Waals surface area (Å²) in [6.07, 6.45) is 2.28. The smallest absolute Gasteiger partial charge is 0.276 e. The molecule has 2 aromatic heterocycles. The molecule has 1 atom stereocenters. The first kappa shape index (κ1) is 20.0. The molecule has 0 aliphatic heterocycles. The summed E-state index contributed by atoms with van der Waals surface area (Å²) in [4.78, 5) is 13.2. The van der Waals surface area contributed by atoms with Gasteiger partial charge in [-0.15, -0.1) is 0 Å². The van der Waals surface area contributed by atoms with E-state index >= 15 is 0 Å². The number of hydrogen-bond acceptors (Lipinski definition) is 5. The fourth-order valence-corrected chi connectivity index (χ4v) is 3.27. The van der Waals surface area contributed by atoms with Gasteiger partial charge in [0, 0.05) is 30.2 Å².